The van der Waals surface area contributed by atoms with Crippen LogP contribution in [0, 0.1) is 0 Å². The normalized spacial score (nSPS) is 15.7. The lowest BCUT2D eigenvalue weighted by atomic mass is 10.2. The molecule has 1 fully saturated rings. The summed E-state index contributed by atoms with van der Waals surface area (Å²) < 4.78 is 136. The van der Waals surface area contributed by atoms with Crippen LogP contribution in [-0.4, -0.2) is 227 Å². The number of aliphatic hydroxyl groups is 4. The van der Waals surface area contributed by atoms with Gasteiger partial charge in [0.2, 0.25) is 23.4 Å². The molecule has 0 amide bonds. The maximum Gasteiger partial charge on any atom is 0.375 e. The highest BCUT2D eigenvalue weighted by Gasteiger charge is 2.65. The summed E-state index contributed by atoms with van der Waals surface area (Å²) in [5, 5.41) is 19.2. The highest BCUT2D eigenvalue weighted by atomic mass is 31.3. The van der Waals surface area contributed by atoms with Crippen molar-refractivity contribution >= 4 is 103 Å². The first-order chi connectivity index (χ1) is 47.9. The van der Waals surface area contributed by atoms with Crippen molar-refractivity contribution < 1.29 is 188 Å². The van der Waals surface area contributed by atoms with Gasteiger partial charge in [0, 0.05) is 136 Å². The summed E-state index contributed by atoms with van der Waals surface area (Å²) in [7, 11) is -62.0. The number of pyridine rings is 4. The molecule has 1 aliphatic rings. The summed E-state index contributed by atoms with van der Waals surface area (Å²) in [6, 6.07) is 11.8. The molecule has 7 aromatic heterocycles. The zero-order valence-corrected chi connectivity index (χ0v) is 64.4. The molecule has 0 radical (unpaired) electrons. The smallest absolute Gasteiger partial charge is 0.367 e. The molecular weight excluding hydrogens is 1690 g/mol. The van der Waals surface area contributed by atoms with E-state index in [1.165, 1.54) is 59.5 Å². The number of likely N-dealkylation sites (N-methyl/N-ethyl adjacent to an activating group) is 1. The van der Waals surface area contributed by atoms with Crippen LogP contribution in [0.15, 0.2) is 135 Å². The molecule has 600 valence electrons. The van der Waals surface area contributed by atoms with E-state index >= 15 is 0 Å². The lowest BCUT2D eigenvalue weighted by Crippen LogP contribution is -2.45. The molecule has 7 aromatic rings. The Morgan fingerprint density at radius 3 is 1.11 bits per heavy atom. The molecule has 31 N–H and O–H groups in total. The first kappa shape index (κ1) is 96.9. The van der Waals surface area contributed by atoms with Crippen LogP contribution in [0.3, 0.4) is 0 Å². The zero-order chi connectivity index (χ0) is 83.1. The molecule has 0 aromatic carbocycles. The van der Waals surface area contributed by atoms with Gasteiger partial charge in [-0.3, -0.25) is 69.7 Å². The van der Waals surface area contributed by atoms with E-state index in [0.717, 1.165) is 81.1 Å². The predicted molar refractivity (Wildman–Crippen MR) is 362 cm³/mol. The second-order valence-corrected chi connectivity index (χ2v) is 45.8. The quantitative estimate of drug-likeness (QED) is 0.0334. The van der Waals surface area contributed by atoms with E-state index in [9.17, 15) is 89.9 Å². The Kier molecular flexibility index (Phi) is 31.6. The van der Waals surface area contributed by atoms with Crippen molar-refractivity contribution in [3.63, 3.8) is 0 Å². The Morgan fingerprint density at radius 2 is 0.776 bits per heavy atom. The van der Waals surface area contributed by atoms with Crippen LogP contribution in [0.25, 0.3) is 5.65 Å². The summed E-state index contributed by atoms with van der Waals surface area (Å²) in [6.45, 7) is 3.69. The van der Waals surface area contributed by atoms with E-state index in [1.807, 2.05) is 11.9 Å². The minimum atomic E-state index is -5.57. The number of imidazole rings is 1. The number of hydrogen-bond acceptors (Lipinski definition) is 28. The number of aromatic nitrogens is 9. The third-order valence-electron chi connectivity index (χ3n) is 14.1. The predicted octanol–water partition coefficient (Wildman–Crippen LogP) is -3.23. The number of rotatable bonds is 20. The summed E-state index contributed by atoms with van der Waals surface area (Å²) in [5.41, 5.74) is 7.78. The van der Waals surface area contributed by atoms with Crippen LogP contribution in [0.2, 0.25) is 0 Å². The summed E-state index contributed by atoms with van der Waals surface area (Å²) >= 11 is 0. The molecular formula is C43H69N13O39P12. The standard InChI is InChI=1S/C11H20N4O6P2.C8H10N2O7P2.C7H11NO7P2.C6H10N2O6P2.C6H9NO7P2.C5H9N3O6P2/c1-14-3-5-15(6-4-14)10-12-7-9(8-13-10)11(16,22(2,17)18)23(19,20)21;11-8(18(12,13)14,19(15,16)17)6-5-10-4-2-1-3-7(10)9-6;9-7(16(10,11)12,17(13,14)15)4-6-2-1-3-8-5-6;7-6(15(9,10)11,16(12,13)14)5-2-1-3-8-4-5;8-6(15(9,10)11,16(12,13)14)5-2-1-3-7-4-5;6-5(15(9,10)11,16(12,13)14)4-1-7-3-8-2-4/h7-8,16H,3-6H2,1-2H3,(H,17,18)(H2,19,20,21);1-5,11H,(H2,12,13,14)(H2,15,16,17);1-3,5,9H,4H2,(H2,10,11,12)(H2,13,14,15);1-4H,7H2,(H2,9,10,11)(H2,12,13,14);1-4,8H,(H2,9,10,11)(H2,12,13,14);1-3H,6H2,(H2,9,10,11)(H2,12,13,14). The fraction of sp³-hybridized carbons (Fsp3) is 0.302. The monoisotopic (exact) mass is 1760 g/mol. The van der Waals surface area contributed by atoms with Crippen LogP contribution in [-0.2, 0) is 86.5 Å². The number of nitrogens with zero attached hydrogens (tertiary/aromatic N) is 11. The zero-order valence-electron chi connectivity index (χ0n) is 53.7. The summed E-state index contributed by atoms with van der Waals surface area (Å²) in [6.07, 6.45) is 12.9. The summed E-state index contributed by atoms with van der Waals surface area (Å²) in [5.74, 6) is 0.332. The molecule has 2 atom stereocenters. The molecule has 52 nitrogen and oxygen atoms in total. The van der Waals surface area contributed by atoms with Gasteiger partial charge in [0.15, 0.2) is 0 Å². The number of fused-ring (bicyclic) bond motifs is 1. The van der Waals surface area contributed by atoms with Crippen LogP contribution < -0.4 is 16.4 Å². The third kappa shape index (κ3) is 22.1. The van der Waals surface area contributed by atoms with Gasteiger partial charge in [-0.05, 0) is 42.9 Å². The molecule has 1 aliphatic heterocycles. The molecule has 8 heterocycles. The van der Waals surface area contributed by atoms with E-state index in [0.29, 0.717) is 25.7 Å². The van der Waals surface area contributed by atoms with Crippen molar-refractivity contribution in [1.82, 2.24) is 49.2 Å². The maximum absolute atomic E-state index is 11.8. The molecule has 0 bridgehead atoms. The Balaban J connectivity index is 0.000000335. The first-order valence-corrected chi connectivity index (χ1v) is 47.3. The Hall–Kier alpha value is -4.34. The third-order valence-corrected chi connectivity index (χ3v) is 37.3. The van der Waals surface area contributed by atoms with Crippen molar-refractivity contribution in [3.05, 3.63) is 169 Å². The average Bonchev–Trinajstić information content (AvgIpc) is 1.74. The van der Waals surface area contributed by atoms with Gasteiger partial charge in [0.25, 0.3) is 15.2 Å². The fourth-order valence-electron chi connectivity index (χ4n) is 8.18. The fourth-order valence-corrected chi connectivity index (χ4v) is 22.3. The minimum absolute atomic E-state index is 0.0988. The van der Waals surface area contributed by atoms with E-state index in [4.69, 9.17) is 109 Å². The molecule has 2 unspecified atom stereocenters. The van der Waals surface area contributed by atoms with Crippen molar-refractivity contribution in [2.75, 3.05) is 44.8 Å². The second kappa shape index (κ2) is 35.0. The average molecular weight is 1760 g/mol. The van der Waals surface area contributed by atoms with Crippen molar-refractivity contribution in [1.29, 1.82) is 0 Å². The Bertz CT molecular complexity index is 4400. The molecule has 0 saturated carbocycles. The van der Waals surface area contributed by atoms with Crippen LogP contribution >= 0.6 is 90.9 Å². The molecule has 0 spiro atoms. The molecule has 107 heavy (non-hydrogen) atoms. The molecule has 64 heteroatoms. The minimum Gasteiger partial charge on any atom is -0.367 e. The topological polar surface area (TPSA) is 917 Å². The van der Waals surface area contributed by atoms with E-state index < -0.39 is 156 Å². The van der Waals surface area contributed by atoms with Gasteiger partial charge in [0.1, 0.15) is 17.7 Å². The number of hydrogen-bond donors (Lipinski definition) is 29. The number of piperazine rings is 1. The maximum atomic E-state index is 11.8. The van der Waals surface area contributed by atoms with Gasteiger partial charge >= 0.3 is 88.6 Å². The van der Waals surface area contributed by atoms with E-state index in [1.54, 1.807) is 12.1 Å². The van der Waals surface area contributed by atoms with Crippen LogP contribution in [0.1, 0.15) is 33.5 Å². The lowest BCUT2D eigenvalue weighted by Gasteiger charge is -2.33. The molecule has 0 aliphatic carbocycles. The van der Waals surface area contributed by atoms with Crippen molar-refractivity contribution in [3.8, 4) is 0 Å². The number of anilines is 1. The highest BCUT2D eigenvalue weighted by molar-refractivity contribution is 7.74. The van der Waals surface area contributed by atoms with Gasteiger partial charge in [0.05, 0.1) is 0 Å². The van der Waals surface area contributed by atoms with Gasteiger partial charge in [-0.2, -0.15) is 0 Å². The van der Waals surface area contributed by atoms with E-state index in [2.05, 4.69) is 44.8 Å². The largest absolute Gasteiger partial charge is 0.375 e. The van der Waals surface area contributed by atoms with Crippen LogP contribution in [0.4, 0.5) is 5.95 Å². The van der Waals surface area contributed by atoms with Gasteiger partial charge in [-0.15, -0.1) is 0 Å². The van der Waals surface area contributed by atoms with Gasteiger partial charge < -0.3 is 159 Å². The van der Waals surface area contributed by atoms with Gasteiger partial charge in [-0.1, -0.05) is 24.3 Å². The van der Waals surface area contributed by atoms with E-state index in [-0.39, 0.29) is 11.2 Å². The first-order valence-electron chi connectivity index (χ1n) is 27.5. The van der Waals surface area contributed by atoms with Crippen molar-refractivity contribution in [2.24, 2.45) is 11.5 Å². The summed E-state index contributed by atoms with van der Waals surface area (Å²) in [4.78, 5) is 240. The second-order valence-electron chi connectivity index (χ2n) is 21.8. The van der Waals surface area contributed by atoms with Crippen LogP contribution in [0.5, 0.6) is 0 Å². The Morgan fingerprint density at radius 1 is 0.402 bits per heavy atom. The molecule has 1 saturated heterocycles. The SMILES string of the molecule is CN1CCN(c2ncc(C(O)(P(C)(=O)O)P(=O)(O)O)cn2)CC1.NC(c1cccnc1)(P(=O)(O)O)P(=O)(O)O.NC(c1cncnc1)(P(=O)(O)O)P(=O)(O)O.O=P(O)(O)C(O)(Cc1cccnc1)P(=O)(O)O.O=P(O)(O)C(O)(c1cccnc1)P(=O)(O)O.O=P(O)(O)C(O)(c1cn2ccccc2n1)P(=O)(O)O. The number of nitrogens with two attached hydrogens (primary N) is 2. The van der Waals surface area contributed by atoms with Crippen molar-refractivity contribution in [2.45, 2.75) is 36.8 Å². The highest BCUT2D eigenvalue weighted by Crippen LogP contribution is 2.76. The lowest BCUT2D eigenvalue weighted by molar-refractivity contribution is 0.127. The Labute approximate surface area is 598 Å². The van der Waals surface area contributed by atoms with Gasteiger partial charge in [-0.25, -0.2) is 24.9 Å². The molecule has 8 rings (SSSR count).